The van der Waals surface area contributed by atoms with Crippen molar-refractivity contribution in [3.63, 3.8) is 0 Å². The van der Waals surface area contributed by atoms with Crippen LogP contribution in [0, 0.1) is 0 Å². The summed E-state index contributed by atoms with van der Waals surface area (Å²) in [6.45, 7) is 0.759. The van der Waals surface area contributed by atoms with Crippen LogP contribution in [0.25, 0.3) is 32.9 Å². The second-order valence-corrected chi connectivity index (χ2v) is 7.50. The van der Waals surface area contributed by atoms with Gasteiger partial charge in [-0.1, -0.05) is 46.3 Å². The average Bonchev–Trinajstić information content (AvgIpc) is 2.98. The first-order valence-electron chi connectivity index (χ1n) is 8.56. The highest BCUT2D eigenvalue weighted by atomic mass is 79.9. The second kappa shape index (κ2) is 5.60. The molecule has 124 valence electrons. The molecule has 0 aliphatic carbocycles. The quantitative estimate of drug-likeness (QED) is 0.399. The van der Waals surface area contributed by atoms with Gasteiger partial charge in [0.05, 0.1) is 5.69 Å². The summed E-state index contributed by atoms with van der Waals surface area (Å²) < 4.78 is 8.58. The first-order chi connectivity index (χ1) is 12.2. The Balaban J connectivity index is 1.92. The standard InChI is InChI=1S/C21H16BrNO2/c22-14-8-9-16-17(12-14)15-6-2-1-5-13(15)11-18(16)20-19-7-3-4-10-23(19)21(24)25-20/h1-2,5-6,8-9,11-12H,3-4,7,10H2. The number of nitrogens with zero attached hydrogens (tertiary/aromatic N) is 1. The van der Waals surface area contributed by atoms with Crippen molar-refractivity contribution in [3.8, 4) is 11.3 Å². The van der Waals surface area contributed by atoms with E-state index in [-0.39, 0.29) is 5.76 Å². The molecule has 0 saturated heterocycles. The Morgan fingerprint density at radius 3 is 2.76 bits per heavy atom. The summed E-state index contributed by atoms with van der Waals surface area (Å²) in [5.74, 6) is 0.505. The van der Waals surface area contributed by atoms with Gasteiger partial charge in [0.1, 0.15) is 0 Å². The molecule has 0 fully saturated rings. The van der Waals surface area contributed by atoms with Crippen LogP contribution >= 0.6 is 15.9 Å². The molecular weight excluding hydrogens is 378 g/mol. The summed E-state index contributed by atoms with van der Waals surface area (Å²) in [5.41, 5.74) is 2.05. The van der Waals surface area contributed by atoms with Crippen LogP contribution in [0.4, 0.5) is 0 Å². The third-order valence-corrected chi connectivity index (χ3v) is 5.60. The Labute approximate surface area is 153 Å². The monoisotopic (exact) mass is 393 g/mol. The van der Waals surface area contributed by atoms with E-state index in [1.807, 2.05) is 12.1 Å². The summed E-state index contributed by atoms with van der Waals surface area (Å²) in [4.78, 5) is 12.3. The highest BCUT2D eigenvalue weighted by Crippen LogP contribution is 2.38. The Morgan fingerprint density at radius 1 is 0.960 bits per heavy atom. The normalized spacial score (nSPS) is 14.1. The highest BCUT2D eigenvalue weighted by Gasteiger charge is 2.22. The first kappa shape index (κ1) is 15.0. The lowest BCUT2D eigenvalue weighted by Crippen LogP contribution is -2.20. The summed E-state index contributed by atoms with van der Waals surface area (Å²) in [5, 5.41) is 4.64. The van der Waals surface area contributed by atoms with Gasteiger partial charge in [0, 0.05) is 16.6 Å². The van der Waals surface area contributed by atoms with E-state index in [4.69, 9.17) is 4.42 Å². The predicted molar refractivity (Wildman–Crippen MR) is 104 cm³/mol. The molecule has 3 aromatic carbocycles. The molecule has 0 spiro atoms. The zero-order valence-electron chi connectivity index (χ0n) is 13.6. The maximum absolute atomic E-state index is 12.3. The molecule has 25 heavy (non-hydrogen) atoms. The fraction of sp³-hybridized carbons (Fsp3) is 0.190. The summed E-state index contributed by atoms with van der Waals surface area (Å²) >= 11 is 3.59. The van der Waals surface area contributed by atoms with E-state index in [0.29, 0.717) is 0 Å². The van der Waals surface area contributed by atoms with Gasteiger partial charge in [0.25, 0.3) is 0 Å². The Hall–Kier alpha value is -2.33. The minimum Gasteiger partial charge on any atom is -0.407 e. The lowest BCUT2D eigenvalue weighted by molar-refractivity contribution is 0.461. The van der Waals surface area contributed by atoms with Crippen LogP contribution in [-0.4, -0.2) is 4.57 Å². The van der Waals surface area contributed by atoms with Gasteiger partial charge >= 0.3 is 5.76 Å². The van der Waals surface area contributed by atoms with Crippen molar-refractivity contribution >= 4 is 37.5 Å². The number of hydrogen-bond acceptors (Lipinski definition) is 2. The van der Waals surface area contributed by atoms with Gasteiger partial charge in [-0.25, -0.2) is 4.79 Å². The summed E-state index contributed by atoms with van der Waals surface area (Å²) in [7, 11) is 0. The molecule has 5 rings (SSSR count). The molecule has 1 aliphatic heterocycles. The molecule has 1 aromatic heterocycles. The van der Waals surface area contributed by atoms with E-state index in [1.165, 1.54) is 10.8 Å². The van der Waals surface area contributed by atoms with Crippen molar-refractivity contribution in [2.24, 2.45) is 0 Å². The number of hydrogen-bond donors (Lipinski definition) is 0. The largest absolute Gasteiger partial charge is 0.419 e. The summed E-state index contributed by atoms with van der Waals surface area (Å²) in [6.07, 6.45) is 3.03. The van der Waals surface area contributed by atoms with E-state index < -0.39 is 0 Å². The zero-order chi connectivity index (χ0) is 17.0. The van der Waals surface area contributed by atoms with Crippen LogP contribution in [0.2, 0.25) is 0 Å². The minimum atomic E-state index is -0.233. The first-order valence-corrected chi connectivity index (χ1v) is 9.35. The summed E-state index contributed by atoms with van der Waals surface area (Å²) in [6, 6.07) is 16.8. The van der Waals surface area contributed by atoms with Crippen LogP contribution in [0.15, 0.2) is 62.2 Å². The van der Waals surface area contributed by atoms with Crippen LogP contribution in [0.3, 0.4) is 0 Å². The molecule has 0 atom stereocenters. The van der Waals surface area contributed by atoms with Gasteiger partial charge in [-0.15, -0.1) is 0 Å². The molecule has 0 bridgehead atoms. The van der Waals surface area contributed by atoms with Gasteiger partial charge in [0.2, 0.25) is 0 Å². The number of halogens is 1. The lowest BCUT2D eigenvalue weighted by Gasteiger charge is -2.14. The smallest absolute Gasteiger partial charge is 0.407 e. The van der Waals surface area contributed by atoms with Crippen molar-refractivity contribution in [3.05, 3.63) is 69.2 Å². The maximum atomic E-state index is 12.3. The molecule has 0 unspecified atom stereocenters. The predicted octanol–water partition coefficient (Wildman–Crippen LogP) is 5.51. The van der Waals surface area contributed by atoms with Crippen molar-refractivity contribution < 1.29 is 4.42 Å². The van der Waals surface area contributed by atoms with Crippen molar-refractivity contribution in [2.45, 2.75) is 25.8 Å². The molecule has 2 heterocycles. The van der Waals surface area contributed by atoms with Crippen molar-refractivity contribution in [2.75, 3.05) is 0 Å². The molecule has 0 radical (unpaired) electrons. The number of benzene rings is 3. The highest BCUT2D eigenvalue weighted by molar-refractivity contribution is 9.10. The van der Waals surface area contributed by atoms with E-state index in [2.05, 4.69) is 52.3 Å². The molecule has 4 aromatic rings. The van der Waals surface area contributed by atoms with Crippen LogP contribution in [0.1, 0.15) is 18.5 Å². The zero-order valence-corrected chi connectivity index (χ0v) is 15.2. The lowest BCUT2D eigenvalue weighted by atomic mass is 9.94. The third kappa shape index (κ3) is 2.28. The Kier molecular flexibility index (Phi) is 3.35. The average molecular weight is 394 g/mol. The molecule has 0 amide bonds. The van der Waals surface area contributed by atoms with Crippen LogP contribution < -0.4 is 5.76 Å². The number of rotatable bonds is 1. The number of oxazole rings is 1. The fourth-order valence-corrected chi connectivity index (χ4v) is 4.31. The van der Waals surface area contributed by atoms with E-state index in [0.717, 1.165) is 58.1 Å². The third-order valence-electron chi connectivity index (χ3n) is 5.11. The van der Waals surface area contributed by atoms with Crippen molar-refractivity contribution in [1.29, 1.82) is 0 Å². The second-order valence-electron chi connectivity index (χ2n) is 6.59. The molecule has 3 nitrogen and oxygen atoms in total. The fourth-order valence-electron chi connectivity index (χ4n) is 3.95. The van der Waals surface area contributed by atoms with Gasteiger partial charge < -0.3 is 4.42 Å². The SMILES string of the molecule is O=c1oc(-c2cc3ccccc3c3cc(Br)ccc23)c2n1CCCC2. The maximum Gasteiger partial charge on any atom is 0.419 e. The van der Waals surface area contributed by atoms with Crippen molar-refractivity contribution in [1.82, 2.24) is 4.57 Å². The number of aromatic nitrogens is 1. The van der Waals surface area contributed by atoms with Gasteiger partial charge in [-0.05, 0) is 59.0 Å². The van der Waals surface area contributed by atoms with E-state index in [9.17, 15) is 4.79 Å². The van der Waals surface area contributed by atoms with E-state index >= 15 is 0 Å². The Morgan fingerprint density at radius 2 is 1.84 bits per heavy atom. The molecule has 0 saturated carbocycles. The van der Waals surface area contributed by atoms with E-state index in [1.54, 1.807) is 4.57 Å². The minimum absolute atomic E-state index is 0.233. The molecule has 4 heteroatoms. The molecular formula is C21H16BrNO2. The van der Waals surface area contributed by atoms with Crippen LogP contribution in [0.5, 0.6) is 0 Å². The number of fused-ring (bicyclic) bond motifs is 4. The van der Waals surface area contributed by atoms with Gasteiger partial charge in [0.15, 0.2) is 5.76 Å². The van der Waals surface area contributed by atoms with Gasteiger partial charge in [-0.3, -0.25) is 4.57 Å². The van der Waals surface area contributed by atoms with Crippen LogP contribution in [-0.2, 0) is 13.0 Å². The molecule has 0 N–H and O–H groups in total. The Bertz CT molecular complexity index is 1190. The van der Waals surface area contributed by atoms with Gasteiger partial charge in [-0.2, -0.15) is 0 Å². The topological polar surface area (TPSA) is 35.1 Å². The molecule has 1 aliphatic rings.